The van der Waals surface area contributed by atoms with Gasteiger partial charge in [0.25, 0.3) is 0 Å². The van der Waals surface area contributed by atoms with E-state index < -0.39 is 70.7 Å². The molecule has 0 spiro atoms. The summed E-state index contributed by atoms with van der Waals surface area (Å²) in [6, 6.07) is 15.0. The van der Waals surface area contributed by atoms with Crippen molar-refractivity contribution < 1.29 is 54.9 Å². The van der Waals surface area contributed by atoms with Gasteiger partial charge in [-0.25, -0.2) is 27.2 Å². The first-order chi connectivity index (χ1) is 27.3. The summed E-state index contributed by atoms with van der Waals surface area (Å²) >= 11 is 0. The predicted molar refractivity (Wildman–Crippen MR) is 199 cm³/mol. The molecule has 0 radical (unpaired) electrons. The van der Waals surface area contributed by atoms with Crippen LogP contribution >= 0.6 is 0 Å². The number of hydrogen-bond donors (Lipinski definition) is 3. The van der Waals surface area contributed by atoms with E-state index in [2.05, 4.69) is 16.0 Å². The molecule has 10 nitrogen and oxygen atoms in total. The maximum atomic E-state index is 15.5. The first kappa shape index (κ1) is 44.3. The highest BCUT2D eigenvalue weighted by Crippen LogP contribution is 2.32. The fourth-order valence-electron chi connectivity index (χ4n) is 6.07. The van der Waals surface area contributed by atoms with Gasteiger partial charge < -0.3 is 35.1 Å². The number of likely N-dealkylation sites (N-methyl/N-ethyl adjacent to an activating group) is 3. The molecule has 306 valence electrons. The second-order valence-electron chi connectivity index (χ2n) is 13.0. The summed E-state index contributed by atoms with van der Waals surface area (Å²) in [6.07, 6.45) is 0.655. The van der Waals surface area contributed by atoms with Crippen LogP contribution in [0, 0.1) is 34.9 Å². The molecule has 0 heterocycles. The number of hydrogen-bond acceptors (Lipinski definition) is 9. The summed E-state index contributed by atoms with van der Waals surface area (Å²) in [4.78, 5) is 40.9. The Hall–Kier alpha value is -5.45. The lowest BCUT2D eigenvalue weighted by molar-refractivity contribution is -0.152. The average Bonchev–Trinajstić information content (AvgIpc) is 3.23. The number of methoxy groups -OCH3 is 1. The standard InChI is InChI=1S/C41H44F6N4O6/c1-48-17-9-12-29(49-2)39(52)51(4)31(41(54)55-5)21-26-18-24(13-15-28(26)42)25-14-16-32(56-22-23-10-7-6-8-11-23)27(19-25)20-30(50-3)40(53)57-38-36(46)34(44)33(43)35(45)37(38)47/h6-8,10-11,13-16,18-19,29-31,48-50H,9,12,17,20-22H2,1-5H3/t29-,30-,31-/m0/s1. The van der Waals surface area contributed by atoms with Crippen LogP contribution in [0.15, 0.2) is 66.7 Å². The number of halogens is 6. The molecule has 4 aromatic rings. The van der Waals surface area contributed by atoms with Gasteiger partial charge in [-0.2, -0.15) is 8.78 Å². The minimum absolute atomic E-state index is 0.0872. The van der Waals surface area contributed by atoms with Crippen molar-refractivity contribution in [2.75, 3.05) is 41.8 Å². The molecular formula is C41H44F6N4O6. The molecule has 0 bridgehead atoms. The highest BCUT2D eigenvalue weighted by Gasteiger charge is 2.33. The van der Waals surface area contributed by atoms with E-state index in [1.165, 1.54) is 44.3 Å². The Bertz CT molecular complexity index is 2010. The van der Waals surface area contributed by atoms with Gasteiger partial charge in [-0.05, 0) is 92.6 Å². The van der Waals surface area contributed by atoms with E-state index in [-0.39, 0.29) is 36.7 Å². The summed E-state index contributed by atoms with van der Waals surface area (Å²) in [7, 11) is 7.37. The normalized spacial score (nSPS) is 12.8. The van der Waals surface area contributed by atoms with Crippen LogP contribution in [-0.4, -0.2) is 82.7 Å². The molecule has 0 fully saturated rings. The summed E-state index contributed by atoms with van der Waals surface area (Å²) in [6.45, 7) is 0.770. The maximum absolute atomic E-state index is 15.5. The van der Waals surface area contributed by atoms with Crippen molar-refractivity contribution in [2.24, 2.45) is 0 Å². The number of carbonyl (C=O) groups excluding carboxylic acids is 3. The lowest BCUT2D eigenvalue weighted by atomic mass is 9.95. The van der Waals surface area contributed by atoms with Crippen molar-refractivity contribution in [3.63, 3.8) is 0 Å². The van der Waals surface area contributed by atoms with E-state index in [0.717, 1.165) is 5.56 Å². The molecule has 0 aliphatic carbocycles. The van der Waals surface area contributed by atoms with Gasteiger partial charge in [0.05, 0.1) is 13.2 Å². The number of amides is 1. The van der Waals surface area contributed by atoms with E-state index in [1.54, 1.807) is 32.3 Å². The average molecular weight is 803 g/mol. The monoisotopic (exact) mass is 802 g/mol. The molecular weight excluding hydrogens is 758 g/mol. The lowest BCUT2D eigenvalue weighted by Gasteiger charge is -2.30. The molecule has 4 aromatic carbocycles. The maximum Gasteiger partial charge on any atom is 0.329 e. The summed E-state index contributed by atoms with van der Waals surface area (Å²) < 4.78 is 101. The quantitative estimate of drug-likeness (QED) is 0.0277. The predicted octanol–water partition coefficient (Wildman–Crippen LogP) is 5.63. The van der Waals surface area contributed by atoms with Gasteiger partial charge in [0, 0.05) is 19.9 Å². The number of carbonyl (C=O) groups is 3. The third kappa shape index (κ3) is 10.9. The van der Waals surface area contributed by atoms with Gasteiger partial charge in [-0.15, -0.1) is 0 Å². The number of nitrogens with one attached hydrogen (secondary N) is 3. The highest BCUT2D eigenvalue weighted by atomic mass is 19.2. The molecule has 1 amide bonds. The summed E-state index contributed by atoms with van der Waals surface area (Å²) in [5, 5.41) is 8.63. The van der Waals surface area contributed by atoms with Gasteiger partial charge in [-0.1, -0.05) is 42.5 Å². The van der Waals surface area contributed by atoms with Crippen LogP contribution in [-0.2, 0) is 38.6 Å². The molecule has 0 saturated heterocycles. The molecule has 0 unspecified atom stereocenters. The van der Waals surface area contributed by atoms with Crippen LogP contribution in [0.3, 0.4) is 0 Å². The van der Waals surface area contributed by atoms with Gasteiger partial charge in [0.2, 0.25) is 40.7 Å². The van der Waals surface area contributed by atoms with E-state index in [0.29, 0.717) is 36.1 Å². The Morgan fingerprint density at radius 2 is 1.32 bits per heavy atom. The molecule has 4 rings (SSSR count). The van der Waals surface area contributed by atoms with Crippen LogP contribution < -0.4 is 25.4 Å². The lowest BCUT2D eigenvalue weighted by Crippen LogP contribution is -2.51. The number of ether oxygens (including phenoxy) is 3. The molecule has 0 saturated carbocycles. The molecule has 0 aromatic heterocycles. The largest absolute Gasteiger partial charge is 0.489 e. The van der Waals surface area contributed by atoms with Gasteiger partial charge >= 0.3 is 11.9 Å². The van der Waals surface area contributed by atoms with E-state index in [9.17, 15) is 36.3 Å². The van der Waals surface area contributed by atoms with Crippen molar-refractivity contribution >= 4 is 17.8 Å². The molecule has 57 heavy (non-hydrogen) atoms. The van der Waals surface area contributed by atoms with Crippen LogP contribution in [0.4, 0.5) is 26.3 Å². The van der Waals surface area contributed by atoms with Crippen molar-refractivity contribution in [1.29, 1.82) is 0 Å². The van der Waals surface area contributed by atoms with Crippen molar-refractivity contribution in [2.45, 2.75) is 50.4 Å². The molecule has 3 atom stereocenters. The fourth-order valence-corrected chi connectivity index (χ4v) is 6.07. The number of rotatable bonds is 19. The SMILES string of the molecule is CNCCC[C@H](NC)C(=O)N(C)[C@@H](Cc1cc(-c2ccc(OCc3ccccc3)c(C[C@H](NC)C(=O)Oc3c(F)c(F)c(F)c(F)c3F)c2)ccc1F)C(=O)OC. The highest BCUT2D eigenvalue weighted by molar-refractivity contribution is 5.87. The van der Waals surface area contributed by atoms with Crippen molar-refractivity contribution in [3.05, 3.63) is 118 Å². The summed E-state index contributed by atoms with van der Waals surface area (Å²) in [5.74, 6) is -16.2. The minimum atomic E-state index is -2.41. The molecule has 0 aliphatic rings. The van der Waals surface area contributed by atoms with Crippen LogP contribution in [0.5, 0.6) is 11.5 Å². The zero-order valence-electron chi connectivity index (χ0n) is 32.0. The number of benzene rings is 4. The molecule has 3 N–H and O–H groups in total. The smallest absolute Gasteiger partial charge is 0.329 e. The minimum Gasteiger partial charge on any atom is -0.489 e. The Morgan fingerprint density at radius 1 is 0.719 bits per heavy atom. The second-order valence-corrected chi connectivity index (χ2v) is 13.0. The Kier molecular flexibility index (Phi) is 16.0. The van der Waals surface area contributed by atoms with Gasteiger partial charge in [0.15, 0.2) is 0 Å². The van der Waals surface area contributed by atoms with E-state index in [4.69, 9.17) is 14.2 Å². The van der Waals surface area contributed by atoms with Crippen LogP contribution in [0.1, 0.15) is 29.5 Å². The number of nitrogens with zero attached hydrogens (tertiary/aromatic N) is 1. The second kappa shape index (κ2) is 20.6. The third-order valence-electron chi connectivity index (χ3n) is 9.37. The Balaban J connectivity index is 1.68. The van der Waals surface area contributed by atoms with Crippen LogP contribution in [0.2, 0.25) is 0 Å². The summed E-state index contributed by atoms with van der Waals surface area (Å²) in [5.41, 5.74) is 2.18. The Labute approximate surface area is 326 Å². The fraction of sp³-hybridized carbons (Fsp3) is 0.341. The molecule has 0 aliphatic heterocycles. The van der Waals surface area contributed by atoms with Crippen molar-refractivity contribution in [1.82, 2.24) is 20.9 Å². The van der Waals surface area contributed by atoms with E-state index >= 15 is 4.39 Å². The van der Waals surface area contributed by atoms with Crippen molar-refractivity contribution in [3.8, 4) is 22.6 Å². The first-order valence-corrected chi connectivity index (χ1v) is 17.9. The zero-order valence-corrected chi connectivity index (χ0v) is 32.0. The van der Waals surface area contributed by atoms with E-state index in [1.807, 2.05) is 30.3 Å². The number of esters is 2. The van der Waals surface area contributed by atoms with Gasteiger partial charge in [0.1, 0.15) is 30.3 Å². The molecule has 16 heteroatoms. The van der Waals surface area contributed by atoms with Gasteiger partial charge in [-0.3, -0.25) is 4.79 Å². The van der Waals surface area contributed by atoms with Crippen LogP contribution in [0.25, 0.3) is 11.1 Å². The topological polar surface area (TPSA) is 118 Å². The first-order valence-electron chi connectivity index (χ1n) is 17.9. The zero-order chi connectivity index (χ0) is 41.8. The Morgan fingerprint density at radius 3 is 1.91 bits per heavy atom. The third-order valence-corrected chi connectivity index (χ3v) is 9.37.